The van der Waals surface area contributed by atoms with Gasteiger partial charge in [-0.1, -0.05) is 6.42 Å². The molecule has 14 heavy (non-hydrogen) atoms. The normalized spacial score (nSPS) is 16.4. The molecule has 1 fully saturated rings. The fourth-order valence-corrected chi connectivity index (χ4v) is 1.46. The van der Waals surface area contributed by atoms with E-state index < -0.39 is 0 Å². The first-order valence-electron chi connectivity index (χ1n) is 5.17. The van der Waals surface area contributed by atoms with Crippen molar-refractivity contribution in [2.24, 2.45) is 5.92 Å². The van der Waals surface area contributed by atoms with Crippen molar-refractivity contribution in [3.05, 3.63) is 11.4 Å². The Bertz CT molecular complexity index is 320. The molecule has 1 aromatic heterocycles. The van der Waals surface area contributed by atoms with E-state index in [9.17, 15) is 0 Å². The summed E-state index contributed by atoms with van der Waals surface area (Å²) in [6, 6.07) is 0. The lowest BCUT2D eigenvalue weighted by Crippen LogP contribution is -2.22. The highest BCUT2D eigenvalue weighted by molar-refractivity contribution is 5.24. The Morgan fingerprint density at radius 3 is 2.57 bits per heavy atom. The molecule has 0 unspecified atom stereocenters. The zero-order valence-electron chi connectivity index (χ0n) is 8.75. The van der Waals surface area contributed by atoms with E-state index in [4.69, 9.17) is 0 Å². The summed E-state index contributed by atoms with van der Waals surface area (Å²) >= 11 is 0. The molecular weight excluding hydrogens is 176 g/mol. The maximum absolute atomic E-state index is 4.32. The van der Waals surface area contributed by atoms with Gasteiger partial charge >= 0.3 is 0 Å². The van der Waals surface area contributed by atoms with Gasteiger partial charge in [0.05, 0.1) is 11.4 Å². The van der Waals surface area contributed by atoms with Crippen molar-refractivity contribution in [2.75, 3.05) is 11.9 Å². The van der Waals surface area contributed by atoms with Crippen molar-refractivity contribution in [3.63, 3.8) is 0 Å². The van der Waals surface area contributed by atoms with Crippen LogP contribution in [0.4, 0.5) is 5.95 Å². The van der Waals surface area contributed by atoms with E-state index in [1.54, 1.807) is 0 Å². The van der Waals surface area contributed by atoms with Gasteiger partial charge in [-0.2, -0.15) is 5.10 Å². The molecule has 0 radical (unpaired) electrons. The van der Waals surface area contributed by atoms with Crippen LogP contribution in [0, 0.1) is 19.8 Å². The number of aromatic nitrogens is 3. The average molecular weight is 192 g/mol. The molecule has 1 N–H and O–H groups in total. The van der Waals surface area contributed by atoms with Crippen molar-refractivity contribution in [2.45, 2.75) is 33.1 Å². The molecule has 1 heterocycles. The predicted molar refractivity (Wildman–Crippen MR) is 55.1 cm³/mol. The third-order valence-corrected chi connectivity index (χ3v) is 2.87. The number of hydrogen-bond donors (Lipinski definition) is 1. The second kappa shape index (κ2) is 3.90. The average Bonchev–Trinajstić information content (AvgIpc) is 2.08. The minimum atomic E-state index is 0.667. The molecule has 1 aliphatic carbocycles. The predicted octanol–water partition coefficient (Wildman–Crippen LogP) is 1.70. The van der Waals surface area contributed by atoms with Gasteiger partial charge in [-0.25, -0.2) is 4.98 Å². The van der Waals surface area contributed by atoms with Crippen molar-refractivity contribution in [1.82, 2.24) is 15.2 Å². The largest absolute Gasteiger partial charge is 0.353 e. The Morgan fingerprint density at radius 2 is 2.00 bits per heavy atom. The van der Waals surface area contributed by atoms with Crippen molar-refractivity contribution in [3.8, 4) is 0 Å². The number of aryl methyl sites for hydroxylation is 2. The van der Waals surface area contributed by atoms with Crippen LogP contribution >= 0.6 is 0 Å². The number of nitrogens with zero attached hydrogens (tertiary/aromatic N) is 3. The summed E-state index contributed by atoms with van der Waals surface area (Å²) < 4.78 is 0. The van der Waals surface area contributed by atoms with Crippen LogP contribution in [0.25, 0.3) is 0 Å². The molecule has 4 nitrogen and oxygen atoms in total. The van der Waals surface area contributed by atoms with Gasteiger partial charge in [0.25, 0.3) is 0 Å². The Hall–Kier alpha value is -1.19. The van der Waals surface area contributed by atoms with Gasteiger partial charge in [0.15, 0.2) is 0 Å². The molecule has 0 atom stereocenters. The van der Waals surface area contributed by atoms with Gasteiger partial charge in [-0.05, 0) is 32.6 Å². The molecular formula is C10H16N4. The van der Waals surface area contributed by atoms with Crippen LogP contribution in [-0.4, -0.2) is 21.7 Å². The molecule has 2 rings (SSSR count). The Balaban J connectivity index is 1.91. The maximum atomic E-state index is 4.32. The Kier molecular flexibility index (Phi) is 2.61. The van der Waals surface area contributed by atoms with Gasteiger partial charge in [-0.15, -0.1) is 5.10 Å². The van der Waals surface area contributed by atoms with E-state index in [-0.39, 0.29) is 0 Å². The van der Waals surface area contributed by atoms with Crippen LogP contribution in [0.5, 0.6) is 0 Å². The molecule has 1 aromatic rings. The zero-order chi connectivity index (χ0) is 9.97. The topological polar surface area (TPSA) is 50.7 Å². The number of nitrogens with one attached hydrogen (secondary N) is 1. The fraction of sp³-hybridized carbons (Fsp3) is 0.700. The first-order chi connectivity index (χ1) is 6.75. The van der Waals surface area contributed by atoms with E-state index >= 15 is 0 Å². The molecule has 0 bridgehead atoms. The highest BCUT2D eigenvalue weighted by Gasteiger charge is 2.17. The van der Waals surface area contributed by atoms with Crippen LogP contribution in [0.15, 0.2) is 0 Å². The second-order valence-corrected chi connectivity index (χ2v) is 3.98. The highest BCUT2D eigenvalue weighted by Crippen LogP contribution is 2.25. The van der Waals surface area contributed by atoms with Crippen molar-refractivity contribution < 1.29 is 0 Å². The summed E-state index contributed by atoms with van der Waals surface area (Å²) in [6.07, 6.45) is 4.05. The van der Waals surface area contributed by atoms with Crippen LogP contribution in [0.1, 0.15) is 30.7 Å². The van der Waals surface area contributed by atoms with Gasteiger partial charge in [0.1, 0.15) is 0 Å². The summed E-state index contributed by atoms with van der Waals surface area (Å²) in [5.41, 5.74) is 1.86. The van der Waals surface area contributed by atoms with Crippen molar-refractivity contribution >= 4 is 5.95 Å². The summed E-state index contributed by atoms with van der Waals surface area (Å²) in [5, 5.41) is 11.3. The van der Waals surface area contributed by atoms with E-state index in [0.717, 1.165) is 23.9 Å². The molecule has 4 heteroatoms. The quantitative estimate of drug-likeness (QED) is 0.792. The van der Waals surface area contributed by atoms with Crippen LogP contribution in [0.3, 0.4) is 0 Å². The van der Waals surface area contributed by atoms with Crippen LogP contribution < -0.4 is 5.32 Å². The molecule has 76 valence electrons. The summed E-state index contributed by atoms with van der Waals surface area (Å²) in [4.78, 5) is 4.32. The maximum Gasteiger partial charge on any atom is 0.242 e. The lowest BCUT2D eigenvalue weighted by molar-refractivity contribution is 0.333. The SMILES string of the molecule is Cc1nnc(NCC2CCC2)nc1C. The standard InChI is InChI=1S/C10H16N4/c1-7-8(2)13-14-10(12-7)11-6-9-4-3-5-9/h9H,3-6H2,1-2H3,(H,11,12,14). The molecule has 0 spiro atoms. The first-order valence-corrected chi connectivity index (χ1v) is 5.17. The molecule has 1 saturated carbocycles. The third-order valence-electron chi connectivity index (χ3n) is 2.87. The second-order valence-electron chi connectivity index (χ2n) is 3.98. The zero-order valence-corrected chi connectivity index (χ0v) is 8.75. The van der Waals surface area contributed by atoms with Crippen LogP contribution in [-0.2, 0) is 0 Å². The minimum Gasteiger partial charge on any atom is -0.353 e. The van der Waals surface area contributed by atoms with Gasteiger partial charge in [0.2, 0.25) is 5.95 Å². The number of hydrogen-bond acceptors (Lipinski definition) is 4. The van der Waals surface area contributed by atoms with E-state index in [1.807, 2.05) is 13.8 Å². The smallest absolute Gasteiger partial charge is 0.242 e. The summed E-state index contributed by atoms with van der Waals surface area (Å²) in [7, 11) is 0. The lowest BCUT2D eigenvalue weighted by Gasteiger charge is -2.25. The number of rotatable bonds is 3. The monoisotopic (exact) mass is 192 g/mol. The molecule has 0 saturated heterocycles. The van der Waals surface area contributed by atoms with E-state index in [0.29, 0.717) is 5.95 Å². The van der Waals surface area contributed by atoms with Gasteiger partial charge < -0.3 is 5.32 Å². The molecule has 0 aliphatic heterocycles. The first kappa shape index (κ1) is 9.37. The molecule has 0 amide bonds. The lowest BCUT2D eigenvalue weighted by atomic mass is 9.85. The van der Waals surface area contributed by atoms with Crippen LogP contribution in [0.2, 0.25) is 0 Å². The summed E-state index contributed by atoms with van der Waals surface area (Å²) in [6.45, 7) is 4.87. The summed E-state index contributed by atoms with van der Waals surface area (Å²) in [5.74, 6) is 1.49. The van der Waals surface area contributed by atoms with E-state index in [2.05, 4.69) is 20.5 Å². The Labute approximate surface area is 84.2 Å². The Morgan fingerprint density at radius 1 is 1.21 bits per heavy atom. The van der Waals surface area contributed by atoms with Crippen molar-refractivity contribution in [1.29, 1.82) is 0 Å². The van der Waals surface area contributed by atoms with Gasteiger partial charge in [0, 0.05) is 6.54 Å². The minimum absolute atomic E-state index is 0.667. The highest BCUT2D eigenvalue weighted by atomic mass is 15.2. The number of anilines is 1. The van der Waals surface area contributed by atoms with E-state index in [1.165, 1.54) is 19.3 Å². The molecule has 1 aliphatic rings. The third kappa shape index (κ3) is 2.00. The molecule has 0 aromatic carbocycles. The van der Waals surface area contributed by atoms with Gasteiger partial charge in [-0.3, -0.25) is 0 Å². The fourth-order valence-electron chi connectivity index (χ4n) is 1.46.